The molecule has 1 fully saturated rings. The van der Waals surface area contributed by atoms with Crippen LogP contribution in [0.3, 0.4) is 0 Å². The number of hydrogen-bond donors (Lipinski definition) is 3. The summed E-state index contributed by atoms with van der Waals surface area (Å²) in [6.45, 7) is 1.50. The van der Waals surface area contributed by atoms with Gasteiger partial charge in [0.25, 0.3) is 0 Å². The molecule has 0 saturated heterocycles. The minimum Gasteiger partial charge on any atom is -0.411 e. The lowest BCUT2D eigenvalue weighted by atomic mass is 9.96. The van der Waals surface area contributed by atoms with Crippen molar-refractivity contribution in [2.75, 3.05) is 10.6 Å². The van der Waals surface area contributed by atoms with E-state index in [0.29, 0.717) is 0 Å². The molecule has 0 radical (unpaired) electrons. The van der Waals surface area contributed by atoms with Crippen molar-refractivity contribution < 1.29 is 10.0 Å². The Balaban J connectivity index is 2.01. The molecule has 25 heavy (non-hydrogen) atoms. The minimum absolute atomic E-state index is 0.0658. The van der Waals surface area contributed by atoms with Crippen LogP contribution in [-0.2, 0) is 4.79 Å². The summed E-state index contributed by atoms with van der Waals surface area (Å²) < 4.78 is 0. The molecule has 1 aromatic rings. The first-order valence-corrected chi connectivity index (χ1v) is 9.54. The number of hydrogen-bond acceptors (Lipinski definition) is 4. The molecule has 1 saturated carbocycles. The van der Waals surface area contributed by atoms with Crippen LogP contribution in [0.4, 0.5) is 11.4 Å². The molecule has 3 N–H and O–H groups in total. The number of oxime groups is 1. The quantitative estimate of drug-likeness (QED) is 0.522. The Kier molecular flexibility index (Phi) is 8.29. The second kappa shape index (κ2) is 10.7. The van der Waals surface area contributed by atoms with E-state index in [-0.39, 0.29) is 11.9 Å². The third-order valence-electron chi connectivity index (χ3n) is 4.75. The number of nitrogens with zero attached hydrogens (tertiary/aromatic N) is 1. The van der Waals surface area contributed by atoms with Crippen molar-refractivity contribution >= 4 is 23.0 Å². The van der Waals surface area contributed by atoms with Crippen LogP contribution in [0.5, 0.6) is 0 Å². The summed E-state index contributed by atoms with van der Waals surface area (Å²) in [5.74, 6) is -0.0743. The van der Waals surface area contributed by atoms with Gasteiger partial charge < -0.3 is 15.8 Å². The fourth-order valence-electron chi connectivity index (χ4n) is 3.39. The molecule has 1 aliphatic carbocycles. The molecule has 2 rings (SSSR count). The van der Waals surface area contributed by atoms with Gasteiger partial charge in [0.1, 0.15) is 0 Å². The zero-order valence-corrected chi connectivity index (χ0v) is 15.3. The molecule has 0 spiro atoms. The van der Waals surface area contributed by atoms with E-state index in [1.54, 1.807) is 0 Å². The molecule has 0 bridgehead atoms. The predicted octanol–water partition coefficient (Wildman–Crippen LogP) is 5.17. The van der Waals surface area contributed by atoms with Gasteiger partial charge in [-0.15, -0.1) is 0 Å². The lowest BCUT2D eigenvalue weighted by Gasteiger charge is -2.22. The second-order valence-corrected chi connectivity index (χ2v) is 6.91. The van der Waals surface area contributed by atoms with Crippen LogP contribution >= 0.6 is 0 Å². The normalized spacial score (nSPS) is 21.8. The first kappa shape index (κ1) is 19.3. The summed E-state index contributed by atoms with van der Waals surface area (Å²) in [7, 11) is 0. The summed E-state index contributed by atoms with van der Waals surface area (Å²) in [5, 5.41) is 19.4. The van der Waals surface area contributed by atoms with E-state index >= 15 is 0 Å². The maximum absolute atomic E-state index is 11.1. The van der Waals surface area contributed by atoms with Gasteiger partial charge in [0.15, 0.2) is 0 Å². The van der Waals surface area contributed by atoms with Crippen LogP contribution in [0.2, 0.25) is 0 Å². The molecule has 0 unspecified atom stereocenters. The highest BCUT2D eigenvalue weighted by atomic mass is 16.4. The molecular weight excluding hydrogens is 314 g/mol. The van der Waals surface area contributed by atoms with Gasteiger partial charge in [-0.25, -0.2) is 0 Å². The van der Waals surface area contributed by atoms with Crippen LogP contribution < -0.4 is 10.6 Å². The topological polar surface area (TPSA) is 73.7 Å². The zero-order valence-electron chi connectivity index (χ0n) is 15.3. The summed E-state index contributed by atoms with van der Waals surface area (Å²) in [5.41, 5.74) is 2.62. The molecule has 1 aromatic carbocycles. The van der Waals surface area contributed by atoms with Crippen molar-refractivity contribution in [1.29, 1.82) is 0 Å². The number of benzene rings is 1. The maximum Gasteiger partial charge on any atom is 0.221 e. The van der Waals surface area contributed by atoms with Gasteiger partial charge in [-0.2, -0.15) is 0 Å². The van der Waals surface area contributed by atoms with E-state index in [2.05, 4.69) is 15.8 Å². The molecule has 5 heteroatoms. The van der Waals surface area contributed by atoms with Crippen molar-refractivity contribution in [3.8, 4) is 0 Å². The molecule has 1 atom stereocenters. The number of carbonyl (C=O) groups is 1. The second-order valence-electron chi connectivity index (χ2n) is 6.91. The molecule has 5 nitrogen and oxygen atoms in total. The van der Waals surface area contributed by atoms with E-state index in [0.717, 1.165) is 42.8 Å². The standard InChI is InChI=1S/C20H31N3O2/c1-16(24)21-17-12-14-18(15-13-17)22-19-10-8-6-4-2-3-5-7-9-11-20(19)23-25/h12-15,19,22,25H,2-11H2,1H3,(H,21,24)/b23-20-/t19-/m1/s1. The molecule has 0 aromatic heterocycles. The number of amides is 1. The smallest absolute Gasteiger partial charge is 0.221 e. The van der Waals surface area contributed by atoms with E-state index < -0.39 is 0 Å². The Hall–Kier alpha value is -2.04. The Morgan fingerprint density at radius 1 is 0.960 bits per heavy atom. The van der Waals surface area contributed by atoms with Crippen molar-refractivity contribution in [2.45, 2.75) is 77.2 Å². The molecule has 0 heterocycles. The van der Waals surface area contributed by atoms with Gasteiger partial charge >= 0.3 is 0 Å². The first-order chi connectivity index (χ1) is 12.2. The highest BCUT2D eigenvalue weighted by Gasteiger charge is 2.17. The van der Waals surface area contributed by atoms with Crippen molar-refractivity contribution in [3.05, 3.63) is 24.3 Å². The van der Waals surface area contributed by atoms with Gasteiger partial charge in [-0.05, 0) is 43.5 Å². The minimum atomic E-state index is -0.0743. The molecule has 0 aliphatic heterocycles. The van der Waals surface area contributed by atoms with Crippen LogP contribution in [0, 0.1) is 0 Å². The Morgan fingerprint density at radius 2 is 1.52 bits per heavy atom. The van der Waals surface area contributed by atoms with Crippen molar-refractivity contribution in [2.24, 2.45) is 5.16 Å². The summed E-state index contributed by atoms with van der Waals surface area (Å²) in [6.07, 6.45) is 11.7. The van der Waals surface area contributed by atoms with E-state index in [1.807, 2.05) is 24.3 Å². The fourth-order valence-corrected chi connectivity index (χ4v) is 3.39. The predicted molar refractivity (Wildman–Crippen MR) is 104 cm³/mol. The van der Waals surface area contributed by atoms with Crippen LogP contribution in [0.15, 0.2) is 29.4 Å². The monoisotopic (exact) mass is 345 g/mol. The Bertz CT molecular complexity index is 555. The summed E-state index contributed by atoms with van der Waals surface area (Å²) in [6, 6.07) is 7.74. The molecule has 138 valence electrons. The maximum atomic E-state index is 11.1. The van der Waals surface area contributed by atoms with Crippen LogP contribution in [0.25, 0.3) is 0 Å². The lowest BCUT2D eigenvalue weighted by molar-refractivity contribution is -0.114. The number of nitrogens with one attached hydrogen (secondary N) is 2. The summed E-state index contributed by atoms with van der Waals surface area (Å²) >= 11 is 0. The molecular formula is C20H31N3O2. The first-order valence-electron chi connectivity index (χ1n) is 9.54. The third kappa shape index (κ3) is 7.16. The SMILES string of the molecule is CC(=O)Nc1ccc(N[C@@H]2CCCCCCCCCC/C2=N/O)cc1. The average Bonchev–Trinajstić information content (AvgIpc) is 2.58. The van der Waals surface area contributed by atoms with E-state index in [1.165, 1.54) is 45.4 Å². The van der Waals surface area contributed by atoms with Gasteiger partial charge in [0.05, 0.1) is 11.8 Å². The third-order valence-corrected chi connectivity index (χ3v) is 4.75. The van der Waals surface area contributed by atoms with Crippen molar-refractivity contribution in [1.82, 2.24) is 0 Å². The van der Waals surface area contributed by atoms with Crippen LogP contribution in [-0.4, -0.2) is 22.9 Å². The van der Waals surface area contributed by atoms with Crippen molar-refractivity contribution in [3.63, 3.8) is 0 Å². The Labute approximate surface area is 150 Å². The van der Waals surface area contributed by atoms with Gasteiger partial charge in [0, 0.05) is 18.3 Å². The van der Waals surface area contributed by atoms with E-state index in [4.69, 9.17) is 0 Å². The molecule has 1 aliphatic rings. The number of rotatable bonds is 3. The van der Waals surface area contributed by atoms with Crippen LogP contribution in [0.1, 0.15) is 71.1 Å². The fraction of sp³-hybridized carbons (Fsp3) is 0.600. The number of carbonyl (C=O) groups excluding carboxylic acids is 1. The van der Waals surface area contributed by atoms with Gasteiger partial charge in [-0.3, -0.25) is 4.79 Å². The largest absolute Gasteiger partial charge is 0.411 e. The highest BCUT2D eigenvalue weighted by molar-refractivity contribution is 5.91. The lowest BCUT2D eigenvalue weighted by Crippen LogP contribution is -2.30. The highest BCUT2D eigenvalue weighted by Crippen LogP contribution is 2.20. The average molecular weight is 345 g/mol. The number of anilines is 2. The van der Waals surface area contributed by atoms with Gasteiger partial charge in [0.2, 0.25) is 5.91 Å². The van der Waals surface area contributed by atoms with E-state index in [9.17, 15) is 10.0 Å². The summed E-state index contributed by atoms with van der Waals surface area (Å²) in [4.78, 5) is 11.1. The Morgan fingerprint density at radius 3 is 2.12 bits per heavy atom. The molecule has 1 amide bonds. The van der Waals surface area contributed by atoms with Gasteiger partial charge in [-0.1, -0.05) is 50.1 Å². The zero-order chi connectivity index (χ0) is 17.9.